The summed E-state index contributed by atoms with van der Waals surface area (Å²) >= 11 is 0. The summed E-state index contributed by atoms with van der Waals surface area (Å²) in [6.45, 7) is 12.2. The number of esters is 1. The molecule has 2 aliphatic rings. The highest BCUT2D eigenvalue weighted by Crippen LogP contribution is 2.57. The molecule has 0 bridgehead atoms. The van der Waals surface area contributed by atoms with Crippen LogP contribution >= 0.6 is 0 Å². The van der Waals surface area contributed by atoms with Crippen LogP contribution in [0.3, 0.4) is 0 Å². The van der Waals surface area contributed by atoms with Gasteiger partial charge in [0.1, 0.15) is 11.5 Å². The third kappa shape index (κ3) is 3.10. The second-order valence-corrected chi connectivity index (χ2v) is 8.42. The van der Waals surface area contributed by atoms with Crippen molar-refractivity contribution in [2.45, 2.75) is 33.3 Å². The summed E-state index contributed by atoms with van der Waals surface area (Å²) in [7, 11) is 0. The molecule has 3 aromatic carbocycles. The lowest BCUT2D eigenvalue weighted by atomic mass is 9.77. The maximum Gasteiger partial charge on any atom is 0.340 e. The van der Waals surface area contributed by atoms with E-state index in [2.05, 4.69) is 73.9 Å². The van der Waals surface area contributed by atoms with Crippen LogP contribution in [-0.4, -0.2) is 32.1 Å². The highest BCUT2D eigenvalue weighted by atomic mass is 16.6. The zero-order chi connectivity index (χ0) is 23.2. The number of hydrogen-bond donors (Lipinski definition) is 0. The van der Waals surface area contributed by atoms with Crippen molar-refractivity contribution in [1.29, 1.82) is 0 Å². The van der Waals surface area contributed by atoms with E-state index in [1.807, 2.05) is 24.3 Å². The quantitative estimate of drug-likeness (QED) is 0.442. The molecule has 5 nitrogen and oxygen atoms in total. The van der Waals surface area contributed by atoms with Crippen LogP contribution in [0.2, 0.25) is 0 Å². The molecule has 1 spiro atoms. The van der Waals surface area contributed by atoms with Crippen LogP contribution in [0.4, 0.5) is 11.4 Å². The number of ether oxygens (including phenoxy) is 2. The molecule has 2 heterocycles. The van der Waals surface area contributed by atoms with E-state index in [1.165, 1.54) is 0 Å². The summed E-state index contributed by atoms with van der Waals surface area (Å²) in [5.41, 5.74) is 4.37. The predicted octanol–water partition coefficient (Wildman–Crippen LogP) is 5.95. The molecule has 0 aromatic heterocycles. The van der Waals surface area contributed by atoms with Gasteiger partial charge in [-0.25, -0.2) is 4.79 Å². The fourth-order valence-corrected chi connectivity index (χ4v) is 5.22. The first-order valence-corrected chi connectivity index (χ1v) is 11.9. The Balaban J connectivity index is 1.76. The summed E-state index contributed by atoms with van der Waals surface area (Å²) in [6.07, 6.45) is 0. The average molecular weight is 443 g/mol. The van der Waals surface area contributed by atoms with Gasteiger partial charge in [-0.2, -0.15) is 0 Å². The molecule has 0 amide bonds. The molecular weight excluding hydrogens is 412 g/mol. The van der Waals surface area contributed by atoms with Crippen molar-refractivity contribution >= 4 is 17.3 Å². The van der Waals surface area contributed by atoms with Crippen molar-refractivity contribution in [2.75, 3.05) is 36.0 Å². The van der Waals surface area contributed by atoms with Crippen molar-refractivity contribution in [3.8, 4) is 11.5 Å². The molecule has 0 atom stereocenters. The molecule has 0 N–H and O–H groups in total. The summed E-state index contributed by atoms with van der Waals surface area (Å²) in [6, 6.07) is 20.1. The van der Waals surface area contributed by atoms with Crippen molar-refractivity contribution in [2.24, 2.45) is 0 Å². The molecule has 5 heteroatoms. The van der Waals surface area contributed by atoms with Crippen LogP contribution in [-0.2, 0) is 10.3 Å². The van der Waals surface area contributed by atoms with Gasteiger partial charge < -0.3 is 19.3 Å². The minimum atomic E-state index is -1.01. The van der Waals surface area contributed by atoms with Crippen LogP contribution < -0.4 is 14.5 Å². The standard InChI is InChI=1S/C28H30N2O3/c1-5-29(6-2)19-13-15-23-25(17-19)32-26-18-20(30(7-3)8-4)14-16-24(26)28(23)22-12-10-9-11-21(22)27(31)33-28/h9-18H,5-8H2,1-4H3. The van der Waals surface area contributed by atoms with Gasteiger partial charge in [-0.3, -0.25) is 0 Å². The number of hydrogen-bond acceptors (Lipinski definition) is 5. The smallest absolute Gasteiger partial charge is 0.340 e. The van der Waals surface area contributed by atoms with Gasteiger partial charge in [0.2, 0.25) is 0 Å². The van der Waals surface area contributed by atoms with Gasteiger partial charge >= 0.3 is 5.97 Å². The second-order valence-electron chi connectivity index (χ2n) is 8.42. The molecular formula is C28H30N2O3. The van der Waals surface area contributed by atoms with Gasteiger partial charge in [-0.05, 0) is 58.0 Å². The lowest BCUT2D eigenvalue weighted by molar-refractivity contribution is 0.0224. The van der Waals surface area contributed by atoms with Crippen LogP contribution in [0.5, 0.6) is 11.5 Å². The number of carbonyl (C=O) groups excluding carboxylic acids is 1. The van der Waals surface area contributed by atoms with E-state index in [0.29, 0.717) is 5.56 Å². The molecule has 170 valence electrons. The summed E-state index contributed by atoms with van der Waals surface area (Å²) < 4.78 is 12.8. The Kier molecular flexibility index (Phi) is 5.28. The second kappa shape index (κ2) is 8.14. The van der Waals surface area contributed by atoms with Crippen LogP contribution in [0.15, 0.2) is 60.7 Å². The van der Waals surface area contributed by atoms with Gasteiger partial charge in [0, 0.05) is 66.4 Å². The largest absolute Gasteiger partial charge is 0.456 e. The van der Waals surface area contributed by atoms with Crippen LogP contribution in [0.25, 0.3) is 0 Å². The monoisotopic (exact) mass is 442 g/mol. The molecule has 2 aliphatic heterocycles. The Morgan fingerprint density at radius 3 is 1.73 bits per heavy atom. The molecule has 0 saturated carbocycles. The minimum Gasteiger partial charge on any atom is -0.456 e. The van der Waals surface area contributed by atoms with E-state index in [9.17, 15) is 4.79 Å². The third-order valence-electron chi connectivity index (χ3n) is 6.94. The van der Waals surface area contributed by atoms with Crippen molar-refractivity contribution in [3.63, 3.8) is 0 Å². The van der Waals surface area contributed by atoms with Gasteiger partial charge in [0.25, 0.3) is 0 Å². The van der Waals surface area contributed by atoms with Crippen molar-refractivity contribution < 1.29 is 14.3 Å². The van der Waals surface area contributed by atoms with Crippen molar-refractivity contribution in [3.05, 3.63) is 82.9 Å². The number of carbonyl (C=O) groups is 1. The number of nitrogens with zero attached hydrogens (tertiary/aromatic N) is 2. The maximum absolute atomic E-state index is 13.0. The zero-order valence-corrected chi connectivity index (χ0v) is 19.7. The molecule has 0 radical (unpaired) electrons. The van der Waals surface area contributed by atoms with E-state index in [0.717, 1.165) is 65.7 Å². The molecule has 3 aromatic rings. The fourth-order valence-electron chi connectivity index (χ4n) is 5.22. The SMILES string of the molecule is CCN(CC)c1ccc2c(c1)Oc1cc(N(CC)CC)ccc1C21OC(=O)c2ccccc21. The molecule has 33 heavy (non-hydrogen) atoms. The first-order chi connectivity index (χ1) is 16.1. The number of rotatable bonds is 6. The minimum absolute atomic E-state index is 0.301. The number of fused-ring (bicyclic) bond motifs is 6. The molecule has 0 saturated heterocycles. The number of benzene rings is 3. The topological polar surface area (TPSA) is 42.0 Å². The summed E-state index contributed by atoms with van der Waals surface area (Å²) in [5.74, 6) is 1.16. The van der Waals surface area contributed by atoms with Gasteiger partial charge in [-0.1, -0.05) is 18.2 Å². The third-order valence-corrected chi connectivity index (χ3v) is 6.94. The first kappa shape index (κ1) is 21.4. The zero-order valence-electron chi connectivity index (χ0n) is 19.7. The van der Waals surface area contributed by atoms with E-state index in [1.54, 1.807) is 0 Å². The van der Waals surface area contributed by atoms with Crippen molar-refractivity contribution in [1.82, 2.24) is 0 Å². The Labute approximate surface area is 195 Å². The van der Waals surface area contributed by atoms with E-state index in [4.69, 9.17) is 9.47 Å². The summed E-state index contributed by atoms with van der Waals surface area (Å²) in [4.78, 5) is 17.6. The van der Waals surface area contributed by atoms with Crippen LogP contribution in [0.1, 0.15) is 54.7 Å². The highest BCUT2D eigenvalue weighted by Gasteiger charge is 2.53. The Bertz CT molecular complexity index is 1150. The number of anilines is 2. The fraction of sp³-hybridized carbons (Fsp3) is 0.321. The van der Waals surface area contributed by atoms with Gasteiger partial charge in [0.05, 0.1) is 5.56 Å². The Morgan fingerprint density at radius 1 is 0.697 bits per heavy atom. The predicted molar refractivity (Wildman–Crippen MR) is 132 cm³/mol. The first-order valence-electron chi connectivity index (χ1n) is 11.9. The van der Waals surface area contributed by atoms with E-state index >= 15 is 0 Å². The van der Waals surface area contributed by atoms with Crippen LogP contribution in [0, 0.1) is 0 Å². The van der Waals surface area contributed by atoms with Gasteiger partial charge in [0.15, 0.2) is 5.60 Å². The Morgan fingerprint density at radius 2 is 1.21 bits per heavy atom. The maximum atomic E-state index is 13.0. The highest BCUT2D eigenvalue weighted by molar-refractivity contribution is 5.97. The van der Waals surface area contributed by atoms with E-state index in [-0.39, 0.29) is 5.97 Å². The normalized spacial score (nSPS) is 14.7. The lowest BCUT2D eigenvalue weighted by Gasteiger charge is -2.37. The van der Waals surface area contributed by atoms with Gasteiger partial charge in [-0.15, -0.1) is 0 Å². The molecule has 0 aliphatic carbocycles. The molecule has 0 unspecified atom stereocenters. The van der Waals surface area contributed by atoms with E-state index < -0.39 is 5.60 Å². The molecule has 5 rings (SSSR count). The summed E-state index contributed by atoms with van der Waals surface area (Å²) in [5, 5.41) is 0. The molecule has 0 fully saturated rings. The average Bonchev–Trinajstić information content (AvgIpc) is 3.13. The lowest BCUT2D eigenvalue weighted by Crippen LogP contribution is -2.33. The Hall–Kier alpha value is -3.47.